The van der Waals surface area contributed by atoms with Crippen molar-refractivity contribution in [2.24, 2.45) is 0 Å². The van der Waals surface area contributed by atoms with Crippen LogP contribution in [0.4, 0.5) is 4.39 Å². The van der Waals surface area contributed by atoms with Crippen molar-refractivity contribution in [2.75, 3.05) is 26.3 Å². The van der Waals surface area contributed by atoms with E-state index < -0.39 is 11.0 Å². The van der Waals surface area contributed by atoms with Crippen molar-refractivity contribution in [1.82, 2.24) is 15.1 Å². The zero-order valence-electron chi connectivity index (χ0n) is 13.7. The van der Waals surface area contributed by atoms with E-state index in [-0.39, 0.29) is 24.2 Å². The van der Waals surface area contributed by atoms with E-state index in [2.05, 4.69) is 10.2 Å². The van der Waals surface area contributed by atoms with E-state index in [4.69, 9.17) is 9.15 Å². The van der Waals surface area contributed by atoms with Gasteiger partial charge in [0.1, 0.15) is 5.82 Å². The van der Waals surface area contributed by atoms with Crippen LogP contribution in [0.1, 0.15) is 19.2 Å². The van der Waals surface area contributed by atoms with E-state index in [0.29, 0.717) is 37.6 Å². The molecular weight excluding hydrogens is 329 g/mol. The number of ether oxygens (including phenoxy) is 1. The topological polar surface area (TPSA) is 88.7 Å². The molecule has 2 saturated heterocycles. The van der Waals surface area contributed by atoms with Crippen molar-refractivity contribution in [1.29, 1.82) is 0 Å². The summed E-state index contributed by atoms with van der Waals surface area (Å²) in [4.78, 5) is 14.0. The van der Waals surface area contributed by atoms with Crippen LogP contribution in [0.3, 0.4) is 0 Å². The molecule has 2 fully saturated rings. The highest BCUT2D eigenvalue weighted by atomic mass is 19.1. The number of aromatic nitrogens is 2. The fraction of sp³-hybridized carbons (Fsp3) is 0.471. The highest BCUT2D eigenvalue weighted by molar-refractivity contribution is 5.86. The van der Waals surface area contributed by atoms with Crippen molar-refractivity contribution < 1.29 is 23.4 Å². The van der Waals surface area contributed by atoms with Crippen molar-refractivity contribution >= 4 is 5.91 Å². The summed E-state index contributed by atoms with van der Waals surface area (Å²) in [6, 6.07) is 5.93. The Balaban J connectivity index is 1.48. The molecule has 2 aromatic rings. The Kier molecular flexibility index (Phi) is 3.62. The normalized spacial score (nSPS) is 25.0. The lowest BCUT2D eigenvalue weighted by molar-refractivity contribution is -0.159. The second-order valence-electron chi connectivity index (χ2n) is 6.98. The molecule has 1 atom stereocenters. The van der Waals surface area contributed by atoms with Crippen molar-refractivity contribution in [3.8, 4) is 11.5 Å². The minimum Gasteiger partial charge on any atom is -0.420 e. The monoisotopic (exact) mass is 347 g/mol. The number of amides is 1. The predicted octanol–water partition coefficient (Wildman–Crippen LogP) is 1.13. The summed E-state index contributed by atoms with van der Waals surface area (Å²) in [6.45, 7) is 3.07. The highest BCUT2D eigenvalue weighted by Crippen LogP contribution is 2.37. The minimum absolute atomic E-state index is 0.0311. The van der Waals surface area contributed by atoms with Gasteiger partial charge in [0.15, 0.2) is 5.60 Å². The molecular formula is C17H18FN3O4. The Morgan fingerprint density at radius 3 is 2.84 bits per heavy atom. The molecule has 3 heterocycles. The minimum atomic E-state index is -1.43. The first-order valence-corrected chi connectivity index (χ1v) is 8.09. The molecule has 1 aromatic heterocycles. The van der Waals surface area contributed by atoms with Crippen LogP contribution in [0, 0.1) is 5.82 Å². The Labute approximate surface area is 143 Å². The molecule has 8 heteroatoms. The second-order valence-corrected chi connectivity index (χ2v) is 6.98. The molecule has 2 aliphatic heterocycles. The first-order chi connectivity index (χ1) is 11.9. The summed E-state index contributed by atoms with van der Waals surface area (Å²) < 4.78 is 24.2. The average molecular weight is 347 g/mol. The molecule has 0 bridgehead atoms. The van der Waals surface area contributed by atoms with Gasteiger partial charge in [0.05, 0.1) is 18.6 Å². The van der Waals surface area contributed by atoms with E-state index >= 15 is 0 Å². The number of likely N-dealkylation sites (tertiary alicyclic amines) is 1. The molecule has 0 radical (unpaired) electrons. The van der Waals surface area contributed by atoms with Crippen molar-refractivity contribution in [3.05, 3.63) is 36.0 Å². The third kappa shape index (κ3) is 2.71. The smallest absolute Gasteiger partial charge is 0.257 e. The number of hydrogen-bond donors (Lipinski definition) is 1. The molecule has 1 aromatic carbocycles. The summed E-state index contributed by atoms with van der Waals surface area (Å²) in [5, 5.41) is 18.4. The molecule has 25 heavy (non-hydrogen) atoms. The summed E-state index contributed by atoms with van der Waals surface area (Å²) in [7, 11) is 0. The molecule has 1 N–H and O–H groups in total. The van der Waals surface area contributed by atoms with Crippen molar-refractivity contribution in [2.45, 2.75) is 24.4 Å². The molecule has 7 nitrogen and oxygen atoms in total. The molecule has 0 aliphatic carbocycles. The van der Waals surface area contributed by atoms with E-state index in [9.17, 15) is 14.3 Å². The first kappa shape index (κ1) is 16.2. The molecule has 0 saturated carbocycles. The van der Waals surface area contributed by atoms with Gasteiger partial charge in [0.2, 0.25) is 11.8 Å². The number of aliphatic hydroxyl groups is 1. The van der Waals surface area contributed by atoms with Crippen LogP contribution in [0.25, 0.3) is 11.5 Å². The van der Waals surface area contributed by atoms with Gasteiger partial charge in [-0.2, -0.15) is 0 Å². The highest BCUT2D eigenvalue weighted by Gasteiger charge is 2.52. The molecule has 0 spiro atoms. The van der Waals surface area contributed by atoms with Crippen LogP contribution in [0.2, 0.25) is 0 Å². The maximum Gasteiger partial charge on any atom is 0.257 e. The van der Waals surface area contributed by atoms with Gasteiger partial charge in [-0.05, 0) is 25.1 Å². The first-order valence-electron chi connectivity index (χ1n) is 8.09. The van der Waals surface area contributed by atoms with Gasteiger partial charge in [-0.15, -0.1) is 10.2 Å². The number of carbonyl (C=O) groups excluding carboxylic acids is 1. The van der Waals surface area contributed by atoms with Gasteiger partial charge in [-0.25, -0.2) is 4.39 Å². The van der Waals surface area contributed by atoms with E-state index in [1.54, 1.807) is 17.0 Å². The van der Waals surface area contributed by atoms with Gasteiger partial charge in [-0.1, -0.05) is 6.07 Å². The van der Waals surface area contributed by atoms with E-state index in [1.807, 2.05) is 6.92 Å². The van der Waals surface area contributed by atoms with Crippen LogP contribution in [-0.4, -0.2) is 58.0 Å². The Morgan fingerprint density at radius 1 is 1.36 bits per heavy atom. The lowest BCUT2D eigenvalue weighted by Gasteiger charge is -2.47. The quantitative estimate of drug-likeness (QED) is 0.895. The van der Waals surface area contributed by atoms with Gasteiger partial charge in [0.25, 0.3) is 5.91 Å². The predicted molar refractivity (Wildman–Crippen MR) is 84.0 cm³/mol. The SMILES string of the molecule is CC1(c2nnc(-c3cccc(F)c3)o2)CN(C(=O)C2(O)CCOC2)C1. The van der Waals surface area contributed by atoms with Crippen LogP contribution in [0.15, 0.2) is 28.7 Å². The zero-order chi connectivity index (χ0) is 17.7. The lowest BCUT2D eigenvalue weighted by Crippen LogP contribution is -2.64. The Hall–Kier alpha value is -2.32. The fourth-order valence-electron chi connectivity index (χ4n) is 3.30. The number of carbonyl (C=O) groups is 1. The van der Waals surface area contributed by atoms with Gasteiger partial charge >= 0.3 is 0 Å². The largest absolute Gasteiger partial charge is 0.420 e. The summed E-state index contributed by atoms with van der Waals surface area (Å²) in [5.74, 6) is -0.0722. The van der Waals surface area contributed by atoms with Crippen LogP contribution in [-0.2, 0) is 14.9 Å². The maximum absolute atomic E-state index is 13.3. The number of nitrogens with zero attached hydrogens (tertiary/aromatic N) is 3. The van der Waals surface area contributed by atoms with Gasteiger partial charge < -0.3 is 19.2 Å². The Morgan fingerprint density at radius 2 is 2.16 bits per heavy atom. The summed E-state index contributed by atoms with van der Waals surface area (Å²) in [6.07, 6.45) is 0.309. The van der Waals surface area contributed by atoms with E-state index in [1.165, 1.54) is 12.1 Å². The lowest BCUT2D eigenvalue weighted by atomic mass is 9.80. The van der Waals surface area contributed by atoms with E-state index in [0.717, 1.165) is 0 Å². The molecule has 4 rings (SSSR count). The number of hydrogen-bond acceptors (Lipinski definition) is 6. The third-order valence-corrected chi connectivity index (χ3v) is 4.78. The fourth-order valence-corrected chi connectivity index (χ4v) is 3.30. The maximum atomic E-state index is 13.3. The average Bonchev–Trinajstić information content (AvgIpc) is 3.21. The second kappa shape index (κ2) is 5.60. The third-order valence-electron chi connectivity index (χ3n) is 4.78. The number of benzene rings is 1. The van der Waals surface area contributed by atoms with Gasteiger partial charge in [0, 0.05) is 25.1 Å². The van der Waals surface area contributed by atoms with Gasteiger partial charge in [-0.3, -0.25) is 4.79 Å². The standard InChI is InChI=1S/C17H18FN3O4/c1-16(8-21(9-16)15(22)17(23)5-6-24-10-17)14-20-19-13(25-14)11-3-2-4-12(18)7-11/h2-4,7,23H,5-6,8-10H2,1H3. The number of rotatable bonds is 3. The van der Waals surface area contributed by atoms with Crippen LogP contribution < -0.4 is 0 Å². The summed E-state index contributed by atoms with van der Waals surface area (Å²) in [5.41, 5.74) is -1.40. The number of halogens is 1. The van der Waals surface area contributed by atoms with Crippen LogP contribution in [0.5, 0.6) is 0 Å². The molecule has 1 amide bonds. The molecule has 132 valence electrons. The Bertz CT molecular complexity index is 810. The van der Waals surface area contributed by atoms with Crippen LogP contribution >= 0.6 is 0 Å². The zero-order valence-corrected chi connectivity index (χ0v) is 13.7. The molecule has 1 unspecified atom stereocenters. The summed E-state index contributed by atoms with van der Waals surface area (Å²) >= 11 is 0. The van der Waals surface area contributed by atoms with Crippen molar-refractivity contribution in [3.63, 3.8) is 0 Å². The molecule has 2 aliphatic rings.